The molecule has 0 saturated carbocycles. The number of hydrogen-bond acceptors (Lipinski definition) is 6. The number of piperazine rings is 1. The van der Waals surface area contributed by atoms with Crippen LogP contribution in [-0.4, -0.2) is 68.7 Å². The van der Waals surface area contributed by atoms with Crippen molar-refractivity contribution in [2.45, 2.75) is 25.2 Å². The Morgan fingerprint density at radius 2 is 1.95 bits per heavy atom. The molecule has 2 aliphatic rings. The molecule has 1 unspecified atom stereocenters. The molecule has 2 aliphatic heterocycles. The molecule has 2 saturated heterocycles. The fraction of sp³-hybridized carbons (Fsp3) is 0.786. The van der Waals surface area contributed by atoms with Gasteiger partial charge in [-0.25, -0.2) is 8.42 Å². The van der Waals surface area contributed by atoms with Crippen molar-refractivity contribution >= 4 is 10.0 Å². The minimum absolute atomic E-state index is 0.227. The minimum atomic E-state index is -3.50. The van der Waals surface area contributed by atoms with Crippen molar-refractivity contribution in [3.8, 4) is 0 Å². The van der Waals surface area contributed by atoms with Crippen molar-refractivity contribution in [3.63, 3.8) is 0 Å². The van der Waals surface area contributed by atoms with E-state index in [0.717, 1.165) is 39.3 Å². The van der Waals surface area contributed by atoms with Gasteiger partial charge in [-0.05, 0) is 26.2 Å². The highest BCUT2D eigenvalue weighted by Crippen LogP contribution is 2.24. The van der Waals surface area contributed by atoms with E-state index in [1.54, 1.807) is 18.2 Å². The van der Waals surface area contributed by atoms with Gasteiger partial charge in [0.1, 0.15) is 10.6 Å². The van der Waals surface area contributed by atoms with Crippen LogP contribution in [-0.2, 0) is 14.8 Å². The molecule has 22 heavy (non-hydrogen) atoms. The van der Waals surface area contributed by atoms with Crippen molar-refractivity contribution in [1.82, 2.24) is 14.4 Å². The van der Waals surface area contributed by atoms with Crippen LogP contribution in [0.2, 0.25) is 0 Å². The van der Waals surface area contributed by atoms with E-state index < -0.39 is 10.0 Å². The van der Waals surface area contributed by atoms with Gasteiger partial charge in [0.2, 0.25) is 10.0 Å². The molecule has 0 aromatic carbocycles. The molecule has 3 heterocycles. The summed E-state index contributed by atoms with van der Waals surface area (Å²) in [6, 6.07) is 0. The van der Waals surface area contributed by atoms with E-state index in [2.05, 4.69) is 10.1 Å². The number of ether oxygens (including phenoxy) is 1. The maximum absolute atomic E-state index is 12.7. The number of aromatic nitrogens is 1. The average molecular weight is 329 g/mol. The zero-order valence-electron chi connectivity index (χ0n) is 13.1. The molecule has 1 aromatic heterocycles. The van der Waals surface area contributed by atoms with Crippen molar-refractivity contribution in [2.75, 3.05) is 45.9 Å². The second-order valence-corrected chi connectivity index (χ2v) is 7.96. The molecule has 3 rings (SSSR count). The Morgan fingerprint density at radius 3 is 2.50 bits per heavy atom. The summed E-state index contributed by atoms with van der Waals surface area (Å²) in [4.78, 5) is 2.56. The highest BCUT2D eigenvalue weighted by molar-refractivity contribution is 7.89. The van der Waals surface area contributed by atoms with Crippen LogP contribution in [0.5, 0.6) is 0 Å². The molecule has 0 bridgehead atoms. The first-order chi connectivity index (χ1) is 10.5. The van der Waals surface area contributed by atoms with Crippen LogP contribution in [0.3, 0.4) is 0 Å². The largest absolute Gasteiger partial charge is 0.381 e. The maximum Gasteiger partial charge on any atom is 0.248 e. The van der Waals surface area contributed by atoms with Crippen LogP contribution >= 0.6 is 0 Å². The smallest absolute Gasteiger partial charge is 0.248 e. The predicted molar refractivity (Wildman–Crippen MR) is 80.1 cm³/mol. The zero-order valence-corrected chi connectivity index (χ0v) is 13.9. The van der Waals surface area contributed by atoms with E-state index >= 15 is 0 Å². The topological polar surface area (TPSA) is 75.9 Å². The van der Waals surface area contributed by atoms with Gasteiger partial charge in [-0.2, -0.15) is 4.31 Å². The maximum atomic E-state index is 12.7. The van der Waals surface area contributed by atoms with Gasteiger partial charge in [-0.1, -0.05) is 5.16 Å². The molecule has 0 spiro atoms. The Hall–Kier alpha value is -0.960. The van der Waals surface area contributed by atoms with Gasteiger partial charge in [0.25, 0.3) is 0 Å². The third-order valence-electron chi connectivity index (χ3n) is 4.44. The lowest BCUT2D eigenvalue weighted by Gasteiger charge is -2.34. The van der Waals surface area contributed by atoms with E-state index in [4.69, 9.17) is 9.26 Å². The van der Waals surface area contributed by atoms with Gasteiger partial charge < -0.3 is 14.2 Å². The number of sulfonamides is 1. The molecule has 0 radical (unpaired) electrons. The normalized spacial score (nSPS) is 24.9. The molecule has 0 amide bonds. The second kappa shape index (κ2) is 6.27. The van der Waals surface area contributed by atoms with Gasteiger partial charge in [0.05, 0.1) is 6.61 Å². The van der Waals surface area contributed by atoms with E-state index in [-0.39, 0.29) is 4.90 Å². The van der Waals surface area contributed by atoms with Crippen LogP contribution in [0.4, 0.5) is 0 Å². The Morgan fingerprint density at radius 1 is 1.23 bits per heavy atom. The van der Waals surface area contributed by atoms with Gasteiger partial charge >= 0.3 is 0 Å². The molecule has 0 N–H and O–H groups in total. The third kappa shape index (κ3) is 3.05. The first-order valence-corrected chi connectivity index (χ1v) is 9.15. The fourth-order valence-electron chi connectivity index (χ4n) is 3.22. The molecular formula is C14H23N3O4S. The zero-order chi connectivity index (χ0) is 15.7. The van der Waals surface area contributed by atoms with Gasteiger partial charge in [-0.15, -0.1) is 0 Å². The van der Waals surface area contributed by atoms with Crippen LogP contribution in [0, 0.1) is 19.8 Å². The Labute approximate surface area is 131 Å². The predicted octanol–water partition coefficient (Wildman–Crippen LogP) is 0.634. The van der Waals surface area contributed by atoms with Crippen molar-refractivity contribution in [1.29, 1.82) is 0 Å². The third-order valence-corrected chi connectivity index (χ3v) is 6.58. The van der Waals surface area contributed by atoms with Crippen LogP contribution in [0.25, 0.3) is 0 Å². The molecule has 2 fully saturated rings. The summed E-state index contributed by atoms with van der Waals surface area (Å²) in [5, 5.41) is 3.76. The molecule has 1 aromatic rings. The van der Waals surface area contributed by atoms with Crippen LogP contribution in [0.15, 0.2) is 9.42 Å². The summed E-state index contributed by atoms with van der Waals surface area (Å²) in [5.41, 5.74) is 0.433. The Bertz CT molecular complexity index is 595. The second-order valence-electron chi connectivity index (χ2n) is 6.09. The number of aryl methyl sites for hydroxylation is 2. The molecule has 0 aliphatic carbocycles. The number of nitrogens with zero attached hydrogens (tertiary/aromatic N) is 3. The fourth-order valence-corrected chi connectivity index (χ4v) is 4.93. The average Bonchev–Trinajstić information content (AvgIpc) is 3.10. The minimum Gasteiger partial charge on any atom is -0.381 e. The lowest BCUT2D eigenvalue weighted by atomic mass is 10.1. The summed E-state index contributed by atoms with van der Waals surface area (Å²) >= 11 is 0. The molecule has 124 valence electrons. The Kier molecular flexibility index (Phi) is 4.54. The van der Waals surface area contributed by atoms with Crippen LogP contribution in [0.1, 0.15) is 17.9 Å². The Balaban J connectivity index is 1.63. The quantitative estimate of drug-likeness (QED) is 0.807. The van der Waals surface area contributed by atoms with E-state index in [1.165, 1.54) is 0 Å². The molecule has 7 nitrogen and oxygen atoms in total. The molecule has 1 atom stereocenters. The van der Waals surface area contributed by atoms with Gasteiger partial charge in [0, 0.05) is 39.3 Å². The summed E-state index contributed by atoms with van der Waals surface area (Å²) in [6.07, 6.45) is 1.11. The first kappa shape index (κ1) is 15.9. The SMILES string of the molecule is Cc1noc(C)c1S(=O)(=O)N1CCN(CC2CCOC2)CC1. The van der Waals surface area contributed by atoms with E-state index in [9.17, 15) is 8.42 Å². The van der Waals surface area contributed by atoms with Crippen molar-refractivity contribution in [2.24, 2.45) is 5.92 Å². The van der Waals surface area contributed by atoms with Gasteiger partial charge in [0.15, 0.2) is 5.76 Å². The standard InChI is InChI=1S/C14H23N3O4S/c1-11-14(12(2)21-15-11)22(18,19)17-6-4-16(5-7-17)9-13-3-8-20-10-13/h13H,3-10H2,1-2H3. The summed E-state index contributed by atoms with van der Waals surface area (Å²) in [6.45, 7) is 8.54. The van der Waals surface area contributed by atoms with Gasteiger partial charge in [-0.3, -0.25) is 0 Å². The molecular weight excluding hydrogens is 306 g/mol. The number of rotatable bonds is 4. The highest BCUT2D eigenvalue weighted by atomic mass is 32.2. The first-order valence-electron chi connectivity index (χ1n) is 7.71. The van der Waals surface area contributed by atoms with Crippen LogP contribution < -0.4 is 0 Å². The monoisotopic (exact) mass is 329 g/mol. The number of hydrogen-bond donors (Lipinski definition) is 0. The highest BCUT2D eigenvalue weighted by Gasteiger charge is 2.33. The lowest BCUT2D eigenvalue weighted by Crippen LogP contribution is -2.49. The van der Waals surface area contributed by atoms with E-state index in [0.29, 0.717) is 30.5 Å². The molecule has 8 heteroatoms. The summed E-state index contributed by atoms with van der Waals surface area (Å²) in [7, 11) is -3.50. The van der Waals surface area contributed by atoms with Crippen molar-refractivity contribution in [3.05, 3.63) is 11.5 Å². The van der Waals surface area contributed by atoms with E-state index in [1.807, 2.05) is 0 Å². The van der Waals surface area contributed by atoms with Crippen molar-refractivity contribution < 1.29 is 17.7 Å². The summed E-state index contributed by atoms with van der Waals surface area (Å²) in [5.74, 6) is 0.953. The lowest BCUT2D eigenvalue weighted by molar-refractivity contribution is 0.143. The summed E-state index contributed by atoms with van der Waals surface area (Å²) < 4.78 is 37.4.